The Balaban J connectivity index is -0.000000105. The summed E-state index contributed by atoms with van der Waals surface area (Å²) >= 11 is 0. The Morgan fingerprint density at radius 1 is 0.383 bits per heavy atom. The summed E-state index contributed by atoms with van der Waals surface area (Å²) < 4.78 is 170. The van der Waals surface area contributed by atoms with Crippen LogP contribution in [0.15, 0.2) is 11.9 Å². The fraction of sp³-hybridized carbons (Fsp3) is 0.973. The van der Waals surface area contributed by atoms with Gasteiger partial charge in [0.15, 0.2) is 14.7 Å². The molecule has 0 bridgehead atoms. The molecule has 1 fully saturated rings. The van der Waals surface area contributed by atoms with Gasteiger partial charge < -0.3 is 69.7 Å². The van der Waals surface area contributed by atoms with Crippen molar-refractivity contribution in [3.8, 4) is 0 Å². The maximum atomic E-state index is 11.7. The van der Waals surface area contributed by atoms with Crippen LogP contribution in [0.3, 0.4) is 0 Å². The van der Waals surface area contributed by atoms with Crippen LogP contribution in [0.4, 0.5) is 0 Å². The van der Waals surface area contributed by atoms with E-state index < -0.39 is 98.1 Å². The SMILES string of the molecule is C.CC(C)C(O)P(C)(C)=O.CC(C)C(O)P(C)(C)=O.CC(C)CP(C)(C)=O.CC(C)CP1(=O)OCCCO1.CCOP(C)(=O)/C=C/C(C)C.CCOP(C)(=O)C(C)C.CCOP(C)(=O)C(C)C(C)C.CCOP(C)(=O)C(O)C(C)C.CCOP(C)(=O)CC(C)C.COP(C)(=O)C(C)C.COP(C)(=O)CC(C)C. The van der Waals surface area contributed by atoms with E-state index in [9.17, 15) is 65.5 Å². The summed E-state index contributed by atoms with van der Waals surface area (Å²) in [6.07, 6.45) is 5.59. The Labute approximate surface area is 662 Å². The third-order valence-electron chi connectivity index (χ3n) is 14.2. The second kappa shape index (κ2) is 66.7. The molecule has 11 unspecified atom stereocenters. The molecule has 0 saturated carbocycles. The van der Waals surface area contributed by atoms with Crippen LogP contribution in [0.1, 0.15) is 208 Å². The second-order valence-corrected chi connectivity index (χ2v) is 64.1. The van der Waals surface area contributed by atoms with Gasteiger partial charge in [-0.15, -0.1) is 0 Å². The van der Waals surface area contributed by atoms with Crippen molar-refractivity contribution in [3.05, 3.63) is 11.9 Å². The lowest BCUT2D eigenvalue weighted by atomic mass is 10.2. The number of rotatable bonds is 32. The molecule has 0 aliphatic carbocycles. The fourth-order valence-corrected chi connectivity index (χ4v) is 24.3. The minimum absolute atomic E-state index is 0. The van der Waals surface area contributed by atoms with E-state index >= 15 is 0 Å². The van der Waals surface area contributed by atoms with Crippen molar-refractivity contribution in [1.29, 1.82) is 0 Å². The zero-order valence-electron chi connectivity index (χ0n) is 75.7. The van der Waals surface area contributed by atoms with Gasteiger partial charge in [-0.25, -0.2) is 0 Å². The number of aliphatic hydroxyl groups is 3. The molecule has 1 saturated heterocycles. The van der Waals surface area contributed by atoms with Crippen molar-refractivity contribution < 1.29 is 106 Å². The maximum absolute atomic E-state index is 11.7. The molecule has 0 aromatic heterocycles. The summed E-state index contributed by atoms with van der Waals surface area (Å²) in [6, 6.07) is 0. The van der Waals surface area contributed by atoms with E-state index in [2.05, 4.69) is 41.5 Å². The van der Waals surface area contributed by atoms with Gasteiger partial charge in [-0.05, 0) is 140 Å². The summed E-state index contributed by atoms with van der Waals surface area (Å²) in [6.45, 7) is 79.9. The molecule has 0 radical (unpaired) electrons. The van der Waals surface area contributed by atoms with Crippen LogP contribution in [-0.4, -0.2) is 222 Å². The van der Waals surface area contributed by atoms with Crippen LogP contribution in [-0.2, 0) is 90.9 Å². The Morgan fingerprint density at radius 3 is 0.879 bits per heavy atom. The molecule has 1 aliphatic heterocycles. The van der Waals surface area contributed by atoms with Crippen LogP contribution < -0.4 is 0 Å². The minimum atomic E-state index is -2.78. The molecular weight excluding hydrogens is 1590 g/mol. The minimum Gasteiger partial charge on any atom is -0.385 e. The smallest absolute Gasteiger partial charge is 0.330 e. The zero-order valence-corrected chi connectivity index (χ0v) is 85.6. The lowest BCUT2D eigenvalue weighted by molar-refractivity contribution is 0.144. The van der Waals surface area contributed by atoms with Gasteiger partial charge >= 0.3 is 7.60 Å². The topological polar surface area (TPSA) is 332 Å². The first kappa shape index (κ1) is 132. The number of hydrogen-bond acceptors (Lipinski definition) is 23. The van der Waals surface area contributed by atoms with Gasteiger partial charge in [-0.2, -0.15) is 0 Å². The molecule has 0 amide bonds. The highest BCUT2D eigenvalue weighted by Crippen LogP contribution is 2.54. The van der Waals surface area contributed by atoms with E-state index in [1.54, 1.807) is 79.4 Å². The summed E-state index contributed by atoms with van der Waals surface area (Å²) in [4.78, 5) is 0. The normalized spacial score (nSPS) is 18.0. The van der Waals surface area contributed by atoms with Gasteiger partial charge in [0.25, 0.3) is 0 Å². The summed E-state index contributed by atoms with van der Waals surface area (Å²) in [7, 11) is -22.5. The number of hydrogen-bond donors (Lipinski definition) is 3. The highest BCUT2D eigenvalue weighted by molar-refractivity contribution is 7.64. The second-order valence-electron chi connectivity index (χ2n) is 32.1. The Hall–Kier alpha value is 1.79. The van der Waals surface area contributed by atoms with Crippen LogP contribution in [0, 0.1) is 53.3 Å². The first-order valence-corrected chi connectivity index (χ1v) is 62.7. The largest absolute Gasteiger partial charge is 0.385 e. The molecule has 107 heavy (non-hydrogen) atoms. The molecule has 11 atom stereocenters. The Kier molecular flexibility index (Phi) is 82.4. The van der Waals surface area contributed by atoms with Gasteiger partial charge in [-0.3, -0.25) is 36.5 Å². The third kappa shape index (κ3) is 90.0. The van der Waals surface area contributed by atoms with Gasteiger partial charge in [-0.1, -0.05) is 173 Å². The quantitative estimate of drug-likeness (QED) is 0.0527. The van der Waals surface area contributed by atoms with E-state index in [0.29, 0.717) is 100 Å². The molecule has 1 heterocycles. The molecule has 662 valence electrons. The molecule has 0 aromatic carbocycles. The van der Waals surface area contributed by atoms with Crippen molar-refractivity contribution in [2.24, 2.45) is 53.3 Å². The lowest BCUT2D eigenvalue weighted by Gasteiger charge is -2.23. The molecule has 3 N–H and O–H groups in total. The van der Waals surface area contributed by atoms with Crippen LogP contribution in [0.2, 0.25) is 0 Å². The summed E-state index contributed by atoms with van der Waals surface area (Å²) in [5.41, 5.74) is 0.465. The molecular formula is C73H177O23P11. The lowest BCUT2D eigenvalue weighted by Crippen LogP contribution is -2.16. The number of allylic oxidation sites excluding steroid dienone is 1. The van der Waals surface area contributed by atoms with Crippen LogP contribution in [0.25, 0.3) is 0 Å². The third-order valence-corrected chi connectivity index (χ3v) is 38.2. The van der Waals surface area contributed by atoms with Crippen molar-refractivity contribution in [3.63, 3.8) is 0 Å². The van der Waals surface area contributed by atoms with E-state index in [4.69, 9.17) is 40.7 Å². The average molecular weight is 1760 g/mol. The van der Waals surface area contributed by atoms with Crippen LogP contribution in [0.5, 0.6) is 0 Å². The Morgan fingerprint density at radius 2 is 0.692 bits per heavy atom. The molecule has 0 spiro atoms. The van der Waals surface area contributed by atoms with E-state index in [0.717, 1.165) is 12.6 Å². The first-order valence-electron chi connectivity index (χ1n) is 37.6. The van der Waals surface area contributed by atoms with Gasteiger partial charge in [0.1, 0.15) is 31.8 Å². The average Bonchev–Trinajstić information content (AvgIpc) is 0.878. The maximum Gasteiger partial charge on any atom is 0.330 e. The van der Waals surface area contributed by atoms with Crippen molar-refractivity contribution in [2.75, 3.05) is 172 Å². The molecule has 1 rings (SSSR count). The Bertz CT molecular complexity index is 2630. The van der Waals surface area contributed by atoms with Crippen molar-refractivity contribution >= 4 is 80.6 Å². The standard InChI is InChI=1S/C8H19O2P.C8H17O2P.C7H15O3P.C7H17O3P.C7H17O2P.4C6H15O2P.C6H15OP.C5H13O2P.CH4/c1-6-10-11(5,9)8(4)7(2)3;1-5-10-11(4,9)7-6-8(2)3;1-7(2)6-11(8)9-4-3-5-10-11;1-5-10-11(4,9)7(8)6(2)3;1-5-9-10(4,8)6-7(2)3;1-6(2)5-9(4,7)8-3;1-5-8-9(4,7)6(2)3;2*1-5(2)6(7)9(3,4)8;1-6(2)5-8(3,4)7;1-5(2)8(4,6)7-3;/h7-8H,6H2,1-5H3;6-8H,5H2,1-4H3;7H,3-6H2,1-2H3;6-8H,5H2,1-4H3;7H,5-6H2,1-4H3;2*6H,5H2,1-4H3;2*5-7H,1-4H3;6H,5H2,1-4H3;5H,1-4H3;1H4/b;7-6+;;;;;;;;;;. The first-order chi connectivity index (χ1) is 47.0. The van der Waals surface area contributed by atoms with Gasteiger partial charge in [0.2, 0.25) is 36.8 Å². The zero-order chi connectivity index (χ0) is 87.4. The van der Waals surface area contributed by atoms with Crippen molar-refractivity contribution in [2.45, 2.75) is 242 Å². The molecule has 0 aromatic rings. The highest BCUT2D eigenvalue weighted by Gasteiger charge is 2.31. The predicted octanol–water partition coefficient (Wildman–Crippen LogP) is 25.4. The monoisotopic (exact) mass is 1760 g/mol. The molecule has 1 aliphatic rings. The van der Waals surface area contributed by atoms with E-state index in [-0.39, 0.29) is 42.2 Å². The molecule has 23 nitrogen and oxygen atoms in total. The summed E-state index contributed by atoms with van der Waals surface area (Å²) in [5, 5.41) is 27.8. The van der Waals surface area contributed by atoms with E-state index in [1.165, 1.54) is 20.9 Å². The van der Waals surface area contributed by atoms with Gasteiger partial charge in [0, 0.05) is 96.3 Å². The summed E-state index contributed by atoms with van der Waals surface area (Å²) in [5.74, 6) is 2.52. The van der Waals surface area contributed by atoms with Crippen LogP contribution >= 0.6 is 80.6 Å². The van der Waals surface area contributed by atoms with Crippen molar-refractivity contribution in [1.82, 2.24) is 0 Å². The fourth-order valence-electron chi connectivity index (χ4n) is 8.13. The number of aliphatic hydroxyl groups excluding tert-OH is 3. The molecule has 34 heteroatoms. The van der Waals surface area contributed by atoms with E-state index in [1.807, 2.05) is 165 Å². The predicted molar refractivity (Wildman–Crippen MR) is 476 cm³/mol. The van der Waals surface area contributed by atoms with Gasteiger partial charge in [0.05, 0.1) is 59.6 Å². The highest BCUT2D eigenvalue weighted by atomic mass is 31.2.